The average Bonchev–Trinajstić information content (AvgIpc) is 3.12. The van der Waals surface area contributed by atoms with Crippen molar-refractivity contribution in [1.29, 1.82) is 0 Å². The van der Waals surface area contributed by atoms with Gasteiger partial charge in [-0.1, -0.05) is 43.6 Å². The van der Waals surface area contributed by atoms with Crippen molar-refractivity contribution in [2.24, 2.45) is 16.3 Å². The standard InChI is InChI=1S/C24H28ClNO3/c1-14-20(23(28)29-15-8-4-5-9-15)21(16-10-6-7-11-17(16)25)22-18(26-14)12-24(2,3)13-19(22)27/h6-7,10-11,15,21-22H,4-5,8-9,12-13H2,1-3H3/t21-,22+/m1/s1. The van der Waals surface area contributed by atoms with Crippen LogP contribution in [0.3, 0.4) is 0 Å². The third kappa shape index (κ3) is 3.92. The molecule has 1 aliphatic heterocycles. The first-order valence-corrected chi connectivity index (χ1v) is 10.9. The van der Waals surface area contributed by atoms with Gasteiger partial charge < -0.3 is 4.74 Å². The Morgan fingerprint density at radius 1 is 1.14 bits per heavy atom. The number of allylic oxidation sites excluding steroid dienone is 1. The molecular formula is C24H28ClNO3. The zero-order chi connectivity index (χ0) is 20.8. The molecule has 2 aliphatic carbocycles. The van der Waals surface area contributed by atoms with Gasteiger partial charge in [-0.3, -0.25) is 9.79 Å². The van der Waals surface area contributed by atoms with Crippen LogP contribution in [0.15, 0.2) is 40.5 Å². The fourth-order valence-corrected chi connectivity index (χ4v) is 5.40. The van der Waals surface area contributed by atoms with Crippen LogP contribution in [0.1, 0.15) is 70.8 Å². The predicted octanol–water partition coefficient (Wildman–Crippen LogP) is 5.64. The number of ether oxygens (including phenoxy) is 1. The van der Waals surface area contributed by atoms with Crippen LogP contribution in [0.4, 0.5) is 0 Å². The molecule has 2 atom stereocenters. The molecule has 154 valence electrons. The second-order valence-corrected chi connectivity index (χ2v) is 9.78. The lowest BCUT2D eigenvalue weighted by Gasteiger charge is -2.41. The van der Waals surface area contributed by atoms with Crippen molar-refractivity contribution < 1.29 is 14.3 Å². The molecule has 1 aromatic rings. The van der Waals surface area contributed by atoms with E-state index >= 15 is 0 Å². The van der Waals surface area contributed by atoms with Crippen molar-refractivity contribution in [1.82, 2.24) is 0 Å². The fourth-order valence-electron chi connectivity index (χ4n) is 5.14. The van der Waals surface area contributed by atoms with Gasteiger partial charge in [0.05, 0.1) is 11.5 Å². The van der Waals surface area contributed by atoms with E-state index in [4.69, 9.17) is 21.3 Å². The van der Waals surface area contributed by atoms with Crippen LogP contribution in [0, 0.1) is 11.3 Å². The van der Waals surface area contributed by atoms with Crippen molar-refractivity contribution >= 4 is 29.1 Å². The Balaban J connectivity index is 1.81. The second-order valence-electron chi connectivity index (χ2n) is 9.37. The zero-order valence-electron chi connectivity index (χ0n) is 17.3. The van der Waals surface area contributed by atoms with Gasteiger partial charge in [0.15, 0.2) is 0 Å². The van der Waals surface area contributed by atoms with E-state index in [2.05, 4.69) is 13.8 Å². The lowest BCUT2D eigenvalue weighted by Crippen LogP contribution is -2.44. The quantitative estimate of drug-likeness (QED) is 0.602. The summed E-state index contributed by atoms with van der Waals surface area (Å²) in [6, 6.07) is 7.50. The van der Waals surface area contributed by atoms with Gasteiger partial charge in [-0.2, -0.15) is 0 Å². The van der Waals surface area contributed by atoms with E-state index < -0.39 is 11.8 Å². The normalized spacial score (nSPS) is 26.9. The van der Waals surface area contributed by atoms with E-state index in [1.54, 1.807) is 0 Å². The zero-order valence-corrected chi connectivity index (χ0v) is 18.1. The Labute approximate surface area is 177 Å². The van der Waals surface area contributed by atoms with Crippen LogP contribution in [-0.4, -0.2) is 23.6 Å². The van der Waals surface area contributed by atoms with Gasteiger partial charge >= 0.3 is 5.97 Å². The van der Waals surface area contributed by atoms with E-state index in [0.29, 0.717) is 22.7 Å². The molecule has 29 heavy (non-hydrogen) atoms. The van der Waals surface area contributed by atoms with Gasteiger partial charge in [-0.05, 0) is 56.1 Å². The van der Waals surface area contributed by atoms with Crippen molar-refractivity contribution in [3.8, 4) is 0 Å². The van der Waals surface area contributed by atoms with E-state index in [0.717, 1.165) is 43.4 Å². The van der Waals surface area contributed by atoms with Crippen LogP contribution < -0.4 is 0 Å². The molecule has 0 bridgehead atoms. The summed E-state index contributed by atoms with van der Waals surface area (Å²) in [7, 11) is 0. The average molecular weight is 414 g/mol. The number of fused-ring (bicyclic) bond motifs is 1. The second kappa shape index (κ2) is 7.71. The highest BCUT2D eigenvalue weighted by atomic mass is 35.5. The number of ketones is 1. The number of esters is 1. The van der Waals surface area contributed by atoms with Crippen LogP contribution in [0.2, 0.25) is 5.02 Å². The molecule has 4 nitrogen and oxygen atoms in total. The summed E-state index contributed by atoms with van der Waals surface area (Å²) in [6.45, 7) is 6.04. The number of Topliss-reactive ketones (excluding diaryl/α,β-unsaturated/α-hetero) is 1. The highest BCUT2D eigenvalue weighted by Gasteiger charge is 2.48. The van der Waals surface area contributed by atoms with Gasteiger partial charge in [0.2, 0.25) is 0 Å². The van der Waals surface area contributed by atoms with Gasteiger partial charge in [-0.15, -0.1) is 0 Å². The third-order valence-electron chi connectivity index (χ3n) is 6.40. The molecule has 4 rings (SSSR count). The van der Waals surface area contributed by atoms with Gasteiger partial charge in [0.1, 0.15) is 11.9 Å². The topological polar surface area (TPSA) is 55.7 Å². The summed E-state index contributed by atoms with van der Waals surface area (Å²) in [5, 5.41) is 0.565. The maximum Gasteiger partial charge on any atom is 0.336 e. The first-order valence-electron chi connectivity index (χ1n) is 10.5. The van der Waals surface area contributed by atoms with Crippen molar-refractivity contribution in [2.45, 2.75) is 71.3 Å². The number of benzene rings is 1. The number of carbonyl (C=O) groups is 2. The minimum Gasteiger partial charge on any atom is -0.459 e. The van der Waals surface area contributed by atoms with E-state index in [1.165, 1.54) is 0 Å². The lowest BCUT2D eigenvalue weighted by atomic mass is 9.63. The fraction of sp³-hybridized carbons (Fsp3) is 0.542. The van der Waals surface area contributed by atoms with Crippen LogP contribution in [0.5, 0.6) is 0 Å². The molecule has 0 amide bonds. The highest BCUT2D eigenvalue weighted by molar-refractivity contribution is 6.31. The number of rotatable bonds is 3. The first kappa shape index (κ1) is 20.3. The van der Waals surface area contributed by atoms with E-state index in [1.807, 2.05) is 31.2 Å². The summed E-state index contributed by atoms with van der Waals surface area (Å²) in [5.41, 5.74) is 2.68. The molecule has 1 aromatic carbocycles. The largest absolute Gasteiger partial charge is 0.459 e. The molecular weight excluding hydrogens is 386 g/mol. The van der Waals surface area contributed by atoms with Crippen molar-refractivity contribution in [2.75, 3.05) is 0 Å². The molecule has 2 saturated carbocycles. The molecule has 2 fully saturated rings. The predicted molar refractivity (Wildman–Crippen MR) is 114 cm³/mol. The van der Waals surface area contributed by atoms with Gasteiger partial charge in [-0.25, -0.2) is 4.79 Å². The molecule has 0 spiro atoms. The van der Waals surface area contributed by atoms with Crippen LogP contribution in [-0.2, 0) is 14.3 Å². The molecule has 3 aliphatic rings. The molecule has 0 N–H and O–H groups in total. The van der Waals surface area contributed by atoms with Crippen molar-refractivity contribution in [3.05, 3.63) is 46.1 Å². The summed E-state index contributed by atoms with van der Waals surface area (Å²) in [5.74, 6) is -1.10. The Hall–Kier alpha value is -1.94. The maximum atomic E-state index is 13.3. The summed E-state index contributed by atoms with van der Waals surface area (Å²) in [6.07, 6.45) is 5.15. The summed E-state index contributed by atoms with van der Waals surface area (Å²) >= 11 is 6.55. The summed E-state index contributed by atoms with van der Waals surface area (Å²) < 4.78 is 5.85. The van der Waals surface area contributed by atoms with Gasteiger partial charge in [0.25, 0.3) is 0 Å². The molecule has 5 heteroatoms. The molecule has 0 radical (unpaired) electrons. The molecule has 0 saturated heterocycles. The number of aliphatic imine (C=N–C) groups is 1. The van der Waals surface area contributed by atoms with Crippen LogP contribution in [0.25, 0.3) is 0 Å². The van der Waals surface area contributed by atoms with E-state index in [-0.39, 0.29) is 23.3 Å². The molecule has 0 unspecified atom stereocenters. The number of halogens is 1. The van der Waals surface area contributed by atoms with E-state index in [9.17, 15) is 9.59 Å². The maximum absolute atomic E-state index is 13.3. The summed E-state index contributed by atoms with van der Waals surface area (Å²) in [4.78, 5) is 31.3. The highest BCUT2D eigenvalue weighted by Crippen LogP contribution is 2.48. The SMILES string of the molecule is CC1=C(C(=O)OC2CCCC2)[C@@H](c2ccccc2Cl)[C@@H]2C(=O)CC(C)(C)CC2=N1. The minimum absolute atomic E-state index is 0.0407. The molecule has 1 heterocycles. The Morgan fingerprint density at radius 3 is 2.52 bits per heavy atom. The molecule has 0 aromatic heterocycles. The monoisotopic (exact) mass is 413 g/mol. The smallest absolute Gasteiger partial charge is 0.336 e. The Morgan fingerprint density at radius 2 is 1.83 bits per heavy atom. The van der Waals surface area contributed by atoms with Crippen LogP contribution >= 0.6 is 11.6 Å². The third-order valence-corrected chi connectivity index (χ3v) is 6.74. The number of hydrogen-bond donors (Lipinski definition) is 0. The Bertz CT molecular complexity index is 908. The number of carbonyl (C=O) groups excluding carboxylic acids is 2. The number of hydrogen-bond acceptors (Lipinski definition) is 4. The first-order chi connectivity index (χ1) is 13.8. The van der Waals surface area contributed by atoms with Gasteiger partial charge in [0, 0.05) is 28.8 Å². The van der Waals surface area contributed by atoms with Crippen molar-refractivity contribution in [3.63, 3.8) is 0 Å². The minimum atomic E-state index is -0.447. The number of nitrogens with zero attached hydrogens (tertiary/aromatic N) is 1. The lowest BCUT2D eigenvalue weighted by molar-refractivity contribution is -0.144. The Kier molecular flexibility index (Phi) is 5.41.